The smallest absolute Gasteiger partial charge is 0.140 e. The summed E-state index contributed by atoms with van der Waals surface area (Å²) < 4.78 is 27.2. The monoisotopic (exact) mass is 372 g/mol. The van der Waals surface area contributed by atoms with Crippen LogP contribution in [0.2, 0.25) is 0 Å². The predicted molar refractivity (Wildman–Crippen MR) is 104 cm³/mol. The van der Waals surface area contributed by atoms with E-state index in [1.54, 1.807) is 36.8 Å². The molecule has 0 saturated carbocycles. The van der Waals surface area contributed by atoms with E-state index < -0.39 is 0 Å². The molecule has 3 aromatic heterocycles. The maximum atomic E-state index is 13.8. The number of hydrogen-bond donors (Lipinski definition) is 2. The van der Waals surface area contributed by atoms with Crippen LogP contribution in [0.3, 0.4) is 0 Å². The zero-order valence-corrected chi connectivity index (χ0v) is 14.6. The summed E-state index contributed by atoms with van der Waals surface area (Å²) in [7, 11) is 0. The normalized spacial score (nSPS) is 11.2. The van der Waals surface area contributed by atoms with Gasteiger partial charge in [-0.3, -0.25) is 4.98 Å². The molecular formula is C22H14F2N4. The molecule has 0 atom stereocenters. The zero-order chi connectivity index (χ0) is 19.1. The van der Waals surface area contributed by atoms with E-state index in [1.807, 2.05) is 12.1 Å². The number of nitrogens with one attached hydrogen (secondary N) is 2. The highest BCUT2D eigenvalue weighted by Gasteiger charge is 2.17. The molecule has 4 nitrogen and oxygen atoms in total. The molecule has 6 heteroatoms. The number of H-pyrrole nitrogens is 2. The van der Waals surface area contributed by atoms with Crippen molar-refractivity contribution in [2.75, 3.05) is 0 Å². The van der Waals surface area contributed by atoms with E-state index in [0.717, 1.165) is 33.3 Å². The van der Waals surface area contributed by atoms with Crippen LogP contribution in [-0.2, 0) is 0 Å². The molecule has 0 bridgehead atoms. The van der Waals surface area contributed by atoms with Crippen molar-refractivity contribution in [3.05, 3.63) is 84.8 Å². The van der Waals surface area contributed by atoms with Crippen LogP contribution in [0, 0.1) is 11.6 Å². The van der Waals surface area contributed by atoms with Gasteiger partial charge in [0.15, 0.2) is 0 Å². The largest absolute Gasteiger partial charge is 0.360 e. The van der Waals surface area contributed by atoms with E-state index in [1.165, 1.54) is 24.3 Å². The number of imidazole rings is 1. The summed E-state index contributed by atoms with van der Waals surface area (Å²) in [6.07, 6.45) is 5.20. The van der Waals surface area contributed by atoms with Crippen LogP contribution in [-0.4, -0.2) is 19.9 Å². The lowest BCUT2D eigenvalue weighted by atomic mass is 10.1. The van der Waals surface area contributed by atoms with Crippen LogP contribution in [0.1, 0.15) is 0 Å². The Morgan fingerprint density at radius 3 is 2.32 bits per heavy atom. The standard InChI is InChI=1S/C22H14F2N4/c23-15-3-1-13(2-4-15)20-21(14-7-9-25-10-8-14)28-22(27-20)18-12-26-19-6-5-16(24)11-17(18)19/h1-12,26H,(H,27,28). The Hall–Kier alpha value is -3.80. The molecule has 0 aliphatic rings. The Labute approximate surface area is 158 Å². The van der Waals surface area contributed by atoms with Crippen molar-refractivity contribution >= 4 is 10.9 Å². The molecule has 5 aromatic rings. The molecule has 0 unspecified atom stereocenters. The quantitative estimate of drug-likeness (QED) is 0.435. The molecular weight excluding hydrogens is 358 g/mol. The van der Waals surface area contributed by atoms with Crippen molar-refractivity contribution in [3.63, 3.8) is 0 Å². The number of nitrogens with zero attached hydrogens (tertiary/aromatic N) is 2. The lowest BCUT2D eigenvalue weighted by Crippen LogP contribution is -1.84. The average molecular weight is 372 g/mol. The third-order valence-electron chi connectivity index (χ3n) is 4.69. The number of halogens is 2. The maximum absolute atomic E-state index is 13.8. The topological polar surface area (TPSA) is 57.4 Å². The highest BCUT2D eigenvalue weighted by molar-refractivity contribution is 5.95. The molecule has 0 aliphatic carbocycles. The average Bonchev–Trinajstić information content (AvgIpc) is 3.33. The molecule has 5 rings (SSSR count). The number of pyridine rings is 1. The van der Waals surface area contributed by atoms with Gasteiger partial charge in [0.05, 0.1) is 11.4 Å². The molecule has 28 heavy (non-hydrogen) atoms. The van der Waals surface area contributed by atoms with Gasteiger partial charge in [-0.05, 0) is 54.6 Å². The second kappa shape index (κ2) is 6.42. The number of fused-ring (bicyclic) bond motifs is 1. The minimum Gasteiger partial charge on any atom is -0.360 e. The van der Waals surface area contributed by atoms with Crippen LogP contribution >= 0.6 is 0 Å². The summed E-state index contributed by atoms with van der Waals surface area (Å²) in [6, 6.07) is 14.5. The highest BCUT2D eigenvalue weighted by atomic mass is 19.1. The van der Waals surface area contributed by atoms with Gasteiger partial charge in [0.1, 0.15) is 17.5 Å². The van der Waals surface area contributed by atoms with E-state index in [0.29, 0.717) is 11.5 Å². The molecule has 0 radical (unpaired) electrons. The zero-order valence-electron chi connectivity index (χ0n) is 14.6. The molecule has 3 heterocycles. The van der Waals surface area contributed by atoms with Gasteiger partial charge in [-0.2, -0.15) is 0 Å². The Balaban J connectivity index is 1.73. The van der Waals surface area contributed by atoms with Gasteiger partial charge < -0.3 is 9.97 Å². The summed E-state index contributed by atoms with van der Waals surface area (Å²) in [5.74, 6) is -0.0203. The van der Waals surface area contributed by atoms with Gasteiger partial charge >= 0.3 is 0 Å². The lowest BCUT2D eigenvalue weighted by molar-refractivity contribution is 0.628. The fourth-order valence-corrected chi connectivity index (χ4v) is 3.33. The van der Waals surface area contributed by atoms with Crippen molar-refractivity contribution < 1.29 is 8.78 Å². The molecule has 2 aromatic carbocycles. The van der Waals surface area contributed by atoms with E-state index in [-0.39, 0.29) is 11.6 Å². The Morgan fingerprint density at radius 2 is 1.54 bits per heavy atom. The summed E-state index contributed by atoms with van der Waals surface area (Å²) in [5, 5.41) is 0.737. The fourth-order valence-electron chi connectivity index (χ4n) is 3.33. The predicted octanol–water partition coefficient (Wildman–Crippen LogP) is 5.57. The number of hydrogen-bond acceptors (Lipinski definition) is 2. The first-order valence-corrected chi connectivity index (χ1v) is 8.72. The van der Waals surface area contributed by atoms with Crippen molar-refractivity contribution in [2.45, 2.75) is 0 Å². The molecule has 136 valence electrons. The first kappa shape index (κ1) is 16.4. The number of aromatic amines is 2. The summed E-state index contributed by atoms with van der Waals surface area (Å²) in [4.78, 5) is 15.3. The molecule has 2 N–H and O–H groups in total. The third-order valence-corrected chi connectivity index (χ3v) is 4.69. The van der Waals surface area contributed by atoms with Gasteiger partial charge in [0.25, 0.3) is 0 Å². The minimum atomic E-state index is -0.312. The SMILES string of the molecule is Fc1ccc(-c2nc(-c3c[nH]c4ccc(F)cc34)[nH]c2-c2ccncc2)cc1. The molecule has 0 saturated heterocycles. The first-order chi connectivity index (χ1) is 13.7. The molecule has 0 spiro atoms. The van der Waals surface area contributed by atoms with Crippen molar-refractivity contribution in [2.24, 2.45) is 0 Å². The van der Waals surface area contributed by atoms with Crippen LogP contribution in [0.5, 0.6) is 0 Å². The summed E-state index contributed by atoms with van der Waals surface area (Å²) in [5.41, 5.74) is 4.74. The van der Waals surface area contributed by atoms with Crippen LogP contribution in [0.25, 0.3) is 44.8 Å². The van der Waals surface area contributed by atoms with Crippen molar-refractivity contribution in [1.29, 1.82) is 0 Å². The van der Waals surface area contributed by atoms with Crippen LogP contribution < -0.4 is 0 Å². The lowest BCUT2D eigenvalue weighted by Gasteiger charge is -2.02. The van der Waals surface area contributed by atoms with Gasteiger partial charge in [0.2, 0.25) is 0 Å². The van der Waals surface area contributed by atoms with Gasteiger partial charge in [-0.25, -0.2) is 13.8 Å². The summed E-state index contributed by atoms with van der Waals surface area (Å²) in [6.45, 7) is 0. The first-order valence-electron chi connectivity index (χ1n) is 8.72. The van der Waals surface area contributed by atoms with Gasteiger partial charge in [-0.1, -0.05) is 0 Å². The fraction of sp³-hybridized carbons (Fsp3) is 0. The van der Waals surface area contributed by atoms with E-state index in [4.69, 9.17) is 4.98 Å². The second-order valence-electron chi connectivity index (χ2n) is 6.44. The van der Waals surface area contributed by atoms with Crippen molar-refractivity contribution in [3.8, 4) is 33.9 Å². The van der Waals surface area contributed by atoms with E-state index in [9.17, 15) is 8.78 Å². The number of rotatable bonds is 3. The highest BCUT2D eigenvalue weighted by Crippen LogP contribution is 2.35. The third kappa shape index (κ3) is 2.75. The molecule has 0 fully saturated rings. The van der Waals surface area contributed by atoms with Crippen LogP contribution in [0.4, 0.5) is 8.78 Å². The number of aromatic nitrogens is 4. The minimum absolute atomic E-state index is 0.308. The van der Waals surface area contributed by atoms with Gasteiger partial charge in [0, 0.05) is 46.2 Å². The van der Waals surface area contributed by atoms with E-state index in [2.05, 4.69) is 15.0 Å². The van der Waals surface area contributed by atoms with Crippen LogP contribution in [0.15, 0.2) is 73.2 Å². The maximum Gasteiger partial charge on any atom is 0.140 e. The second-order valence-corrected chi connectivity index (χ2v) is 6.44. The molecule has 0 amide bonds. The van der Waals surface area contributed by atoms with Crippen molar-refractivity contribution in [1.82, 2.24) is 19.9 Å². The Kier molecular flexibility index (Phi) is 3.76. The summed E-state index contributed by atoms with van der Waals surface area (Å²) >= 11 is 0. The van der Waals surface area contributed by atoms with Gasteiger partial charge in [-0.15, -0.1) is 0 Å². The Morgan fingerprint density at radius 1 is 0.786 bits per heavy atom. The van der Waals surface area contributed by atoms with E-state index >= 15 is 0 Å². The molecule has 0 aliphatic heterocycles. The number of benzene rings is 2. The Bertz CT molecular complexity index is 1270.